The van der Waals surface area contributed by atoms with Crippen molar-refractivity contribution in [3.05, 3.63) is 39.6 Å². The zero-order chi connectivity index (χ0) is 18.1. The van der Waals surface area contributed by atoms with E-state index in [9.17, 15) is 14.7 Å². The van der Waals surface area contributed by atoms with Crippen molar-refractivity contribution in [1.82, 2.24) is 0 Å². The molecule has 1 saturated carbocycles. The van der Waals surface area contributed by atoms with Crippen molar-refractivity contribution in [2.24, 2.45) is 5.92 Å². The number of amides is 1. The van der Waals surface area contributed by atoms with E-state index in [1.807, 2.05) is 6.92 Å². The summed E-state index contributed by atoms with van der Waals surface area (Å²) < 4.78 is 10.5. The molecule has 1 amide bonds. The summed E-state index contributed by atoms with van der Waals surface area (Å²) in [5, 5.41) is 12.0. The molecule has 3 rings (SSSR count). The van der Waals surface area contributed by atoms with Gasteiger partial charge in [-0.3, -0.25) is 4.79 Å². The number of carboxylic acids is 1. The van der Waals surface area contributed by atoms with E-state index >= 15 is 0 Å². The summed E-state index contributed by atoms with van der Waals surface area (Å²) in [5.41, 5.74) is 0.325. The second-order valence-corrected chi connectivity index (χ2v) is 7.27. The van der Waals surface area contributed by atoms with Crippen LogP contribution in [0.25, 0.3) is 0 Å². The molecule has 1 heterocycles. The number of rotatable bonds is 6. The standard InChI is InChI=1S/C18H19NO5S/c1-9-4-5-15(25-9)11-8-12(11)17(20)19-13-6-10(18(21)22)7-14(23-2)16(13)24-3/h4-7,11-12H,8H2,1-3H3,(H,19,20)(H,21,22)/t11-,12-/m1/s1. The minimum Gasteiger partial charge on any atom is -0.493 e. The number of carbonyl (C=O) groups excluding carboxylic acids is 1. The molecule has 0 aliphatic heterocycles. The predicted molar refractivity (Wildman–Crippen MR) is 95.0 cm³/mol. The van der Waals surface area contributed by atoms with E-state index in [1.54, 1.807) is 11.3 Å². The second-order valence-electron chi connectivity index (χ2n) is 5.95. The van der Waals surface area contributed by atoms with Crippen molar-refractivity contribution in [3.8, 4) is 11.5 Å². The number of aromatic carboxylic acids is 1. The second kappa shape index (κ2) is 6.76. The number of carboxylic acid groups (broad SMARTS) is 1. The van der Waals surface area contributed by atoms with E-state index in [1.165, 1.54) is 36.1 Å². The maximum absolute atomic E-state index is 12.6. The minimum atomic E-state index is -1.10. The molecule has 1 aliphatic carbocycles. The fourth-order valence-electron chi connectivity index (χ4n) is 2.86. The largest absolute Gasteiger partial charge is 0.493 e. The molecule has 0 bridgehead atoms. The van der Waals surface area contributed by atoms with Gasteiger partial charge in [-0.15, -0.1) is 11.3 Å². The quantitative estimate of drug-likeness (QED) is 0.822. The van der Waals surface area contributed by atoms with Gasteiger partial charge in [-0.2, -0.15) is 0 Å². The highest BCUT2D eigenvalue weighted by atomic mass is 32.1. The van der Waals surface area contributed by atoms with Crippen LogP contribution in [-0.2, 0) is 4.79 Å². The first-order chi connectivity index (χ1) is 11.9. The van der Waals surface area contributed by atoms with E-state index in [4.69, 9.17) is 9.47 Å². The van der Waals surface area contributed by atoms with Crippen LogP contribution in [0.2, 0.25) is 0 Å². The third-order valence-corrected chi connectivity index (χ3v) is 5.37. The molecular formula is C18H19NO5S. The molecule has 2 aromatic rings. The summed E-state index contributed by atoms with van der Waals surface area (Å²) in [4.78, 5) is 26.3. The molecule has 7 heteroatoms. The Kier molecular flexibility index (Phi) is 4.67. The third kappa shape index (κ3) is 3.46. The Morgan fingerprint density at radius 1 is 1.24 bits per heavy atom. The van der Waals surface area contributed by atoms with Crippen LogP contribution in [0.5, 0.6) is 11.5 Å². The summed E-state index contributed by atoms with van der Waals surface area (Å²) in [6.45, 7) is 2.04. The van der Waals surface area contributed by atoms with Crippen molar-refractivity contribution < 1.29 is 24.2 Å². The van der Waals surface area contributed by atoms with Crippen LogP contribution in [0.4, 0.5) is 5.69 Å². The topological polar surface area (TPSA) is 84.9 Å². The molecular weight excluding hydrogens is 342 g/mol. The number of anilines is 1. The molecule has 1 aliphatic rings. The molecule has 132 valence electrons. The van der Waals surface area contributed by atoms with Crippen LogP contribution in [-0.4, -0.2) is 31.2 Å². The van der Waals surface area contributed by atoms with Crippen molar-refractivity contribution >= 4 is 28.9 Å². The van der Waals surface area contributed by atoms with Crippen LogP contribution in [0.3, 0.4) is 0 Å². The lowest BCUT2D eigenvalue weighted by Crippen LogP contribution is -2.16. The highest BCUT2D eigenvalue weighted by Gasteiger charge is 2.45. The molecule has 2 N–H and O–H groups in total. The summed E-state index contributed by atoms with van der Waals surface area (Å²) >= 11 is 1.70. The molecule has 0 saturated heterocycles. The summed E-state index contributed by atoms with van der Waals surface area (Å²) in [6.07, 6.45) is 0.795. The molecule has 1 aromatic heterocycles. The number of thiophene rings is 1. The van der Waals surface area contributed by atoms with Crippen molar-refractivity contribution in [3.63, 3.8) is 0 Å². The Balaban J connectivity index is 1.81. The number of hydrogen-bond acceptors (Lipinski definition) is 5. The summed E-state index contributed by atoms with van der Waals surface area (Å²) in [7, 11) is 2.87. The smallest absolute Gasteiger partial charge is 0.335 e. The minimum absolute atomic E-state index is 0.0224. The fraction of sp³-hybridized carbons (Fsp3) is 0.333. The normalized spacial score (nSPS) is 18.5. The zero-order valence-corrected chi connectivity index (χ0v) is 15.0. The third-order valence-electron chi connectivity index (χ3n) is 4.24. The first-order valence-corrected chi connectivity index (χ1v) is 8.62. The van der Waals surface area contributed by atoms with Gasteiger partial charge in [-0.25, -0.2) is 4.79 Å². The lowest BCUT2D eigenvalue weighted by molar-refractivity contribution is -0.117. The Bertz CT molecular complexity index is 829. The van der Waals surface area contributed by atoms with Gasteiger partial charge in [-0.05, 0) is 37.6 Å². The molecule has 25 heavy (non-hydrogen) atoms. The highest BCUT2D eigenvalue weighted by Crippen LogP contribution is 2.50. The highest BCUT2D eigenvalue weighted by molar-refractivity contribution is 7.12. The first kappa shape index (κ1) is 17.3. The Morgan fingerprint density at radius 3 is 2.56 bits per heavy atom. The average molecular weight is 361 g/mol. The number of carbonyl (C=O) groups is 2. The van der Waals surface area contributed by atoms with Crippen LogP contribution in [0.15, 0.2) is 24.3 Å². The average Bonchev–Trinajstić information content (AvgIpc) is 3.28. The van der Waals surface area contributed by atoms with E-state index in [-0.39, 0.29) is 29.1 Å². The fourth-order valence-corrected chi connectivity index (χ4v) is 3.91. The Hall–Kier alpha value is -2.54. The monoisotopic (exact) mass is 361 g/mol. The maximum atomic E-state index is 12.6. The Labute approximate surface area is 149 Å². The maximum Gasteiger partial charge on any atom is 0.335 e. The lowest BCUT2D eigenvalue weighted by atomic mass is 10.1. The van der Waals surface area contributed by atoms with E-state index in [0.29, 0.717) is 11.4 Å². The van der Waals surface area contributed by atoms with Crippen molar-refractivity contribution in [1.29, 1.82) is 0 Å². The molecule has 0 unspecified atom stereocenters. The lowest BCUT2D eigenvalue weighted by Gasteiger charge is -2.14. The van der Waals surface area contributed by atoms with Gasteiger partial charge in [0, 0.05) is 21.6 Å². The Morgan fingerprint density at radius 2 is 2.00 bits per heavy atom. The number of benzene rings is 1. The summed E-state index contributed by atoms with van der Waals surface area (Å²) in [5.74, 6) is -0.547. The summed E-state index contributed by atoms with van der Waals surface area (Å²) in [6, 6.07) is 6.86. The van der Waals surface area contributed by atoms with Crippen LogP contribution < -0.4 is 14.8 Å². The van der Waals surface area contributed by atoms with Crippen LogP contribution in [0.1, 0.15) is 32.5 Å². The number of methoxy groups -OCH3 is 2. The van der Waals surface area contributed by atoms with Gasteiger partial charge < -0.3 is 19.9 Å². The number of aryl methyl sites for hydroxylation is 1. The van der Waals surface area contributed by atoms with E-state index < -0.39 is 5.97 Å². The molecule has 2 atom stereocenters. The van der Waals surface area contributed by atoms with Gasteiger partial charge in [0.1, 0.15) is 0 Å². The van der Waals surface area contributed by atoms with Crippen LogP contribution in [0, 0.1) is 12.8 Å². The van der Waals surface area contributed by atoms with E-state index in [0.717, 1.165) is 6.42 Å². The number of ether oxygens (including phenoxy) is 2. The van der Waals surface area contributed by atoms with Crippen molar-refractivity contribution in [2.75, 3.05) is 19.5 Å². The molecule has 0 spiro atoms. The molecule has 1 aromatic carbocycles. The van der Waals surface area contributed by atoms with Crippen LogP contribution >= 0.6 is 11.3 Å². The number of hydrogen-bond donors (Lipinski definition) is 2. The van der Waals surface area contributed by atoms with Gasteiger partial charge in [-0.1, -0.05) is 0 Å². The van der Waals surface area contributed by atoms with Gasteiger partial charge in [0.2, 0.25) is 5.91 Å². The van der Waals surface area contributed by atoms with Crippen molar-refractivity contribution in [2.45, 2.75) is 19.3 Å². The number of nitrogens with one attached hydrogen (secondary N) is 1. The van der Waals surface area contributed by atoms with Gasteiger partial charge in [0.05, 0.1) is 25.5 Å². The zero-order valence-electron chi connectivity index (χ0n) is 14.2. The van der Waals surface area contributed by atoms with E-state index in [2.05, 4.69) is 17.4 Å². The van der Waals surface area contributed by atoms with Gasteiger partial charge >= 0.3 is 5.97 Å². The predicted octanol–water partition coefficient (Wildman–Crippen LogP) is 3.51. The molecule has 6 nitrogen and oxygen atoms in total. The first-order valence-electron chi connectivity index (χ1n) is 7.81. The SMILES string of the molecule is COc1cc(C(=O)O)cc(NC(=O)[C@@H]2C[C@H]2c2ccc(C)s2)c1OC. The van der Waals surface area contributed by atoms with Gasteiger partial charge in [0.25, 0.3) is 0 Å². The molecule has 0 radical (unpaired) electrons. The molecule has 1 fully saturated rings. The van der Waals surface area contributed by atoms with Gasteiger partial charge in [0.15, 0.2) is 11.5 Å².